The number of hydrogen-bond donors (Lipinski definition) is 1. The van der Waals surface area contributed by atoms with Gasteiger partial charge in [0.05, 0.1) is 5.92 Å². The van der Waals surface area contributed by atoms with Crippen LogP contribution in [-0.4, -0.2) is 11.1 Å². The van der Waals surface area contributed by atoms with Gasteiger partial charge in [-0.05, 0) is 36.5 Å². The van der Waals surface area contributed by atoms with Crippen LogP contribution in [0.2, 0.25) is 0 Å². The molecule has 2 rings (SSSR count). The summed E-state index contributed by atoms with van der Waals surface area (Å²) in [5, 5.41) is 9.08. The highest BCUT2D eigenvalue weighted by atomic mass is 16.4. The molecular formula is C12H18O2. The molecule has 5 unspecified atom stereocenters. The van der Waals surface area contributed by atoms with Crippen molar-refractivity contribution in [3.63, 3.8) is 0 Å². The van der Waals surface area contributed by atoms with E-state index in [0.29, 0.717) is 23.7 Å². The molecule has 0 amide bonds. The lowest BCUT2D eigenvalue weighted by Gasteiger charge is -2.31. The summed E-state index contributed by atoms with van der Waals surface area (Å²) in [4.78, 5) is 11.0. The molecule has 0 radical (unpaired) electrons. The second-order valence-electron chi connectivity index (χ2n) is 4.73. The molecule has 0 aliphatic heterocycles. The average Bonchev–Trinajstić information content (AvgIpc) is 2.72. The first-order valence-electron chi connectivity index (χ1n) is 5.54. The first-order valence-corrected chi connectivity index (χ1v) is 5.54. The van der Waals surface area contributed by atoms with E-state index < -0.39 is 5.97 Å². The summed E-state index contributed by atoms with van der Waals surface area (Å²) in [6, 6.07) is 0. The third-order valence-electron chi connectivity index (χ3n) is 4.30. The summed E-state index contributed by atoms with van der Waals surface area (Å²) < 4.78 is 0. The summed E-state index contributed by atoms with van der Waals surface area (Å²) in [6.45, 7) is 6.05. The maximum Gasteiger partial charge on any atom is 0.306 e. The minimum Gasteiger partial charge on any atom is -0.481 e. The Morgan fingerprint density at radius 1 is 1.57 bits per heavy atom. The Kier molecular flexibility index (Phi) is 2.38. The average molecular weight is 194 g/mol. The van der Waals surface area contributed by atoms with Crippen molar-refractivity contribution in [2.45, 2.75) is 26.2 Å². The third-order valence-corrected chi connectivity index (χ3v) is 4.30. The van der Waals surface area contributed by atoms with Crippen LogP contribution >= 0.6 is 0 Å². The van der Waals surface area contributed by atoms with E-state index in [1.165, 1.54) is 0 Å². The van der Waals surface area contributed by atoms with Gasteiger partial charge in [0.2, 0.25) is 0 Å². The Morgan fingerprint density at radius 2 is 2.29 bits per heavy atom. The fourth-order valence-corrected chi connectivity index (χ4v) is 3.76. The number of hydrogen-bond acceptors (Lipinski definition) is 1. The van der Waals surface area contributed by atoms with Crippen molar-refractivity contribution < 1.29 is 9.90 Å². The zero-order valence-electron chi connectivity index (χ0n) is 8.65. The van der Waals surface area contributed by atoms with Crippen molar-refractivity contribution in [2.75, 3.05) is 0 Å². The molecule has 0 saturated heterocycles. The van der Waals surface area contributed by atoms with Crippen molar-refractivity contribution in [3.8, 4) is 0 Å². The van der Waals surface area contributed by atoms with Crippen LogP contribution < -0.4 is 0 Å². The fourth-order valence-electron chi connectivity index (χ4n) is 3.76. The van der Waals surface area contributed by atoms with Crippen molar-refractivity contribution in [1.29, 1.82) is 0 Å². The molecule has 0 aromatic rings. The molecule has 2 aliphatic carbocycles. The zero-order valence-corrected chi connectivity index (χ0v) is 8.65. The van der Waals surface area contributed by atoms with Crippen molar-refractivity contribution in [2.24, 2.45) is 29.6 Å². The Hall–Kier alpha value is -0.790. The van der Waals surface area contributed by atoms with Crippen LogP contribution in [0.3, 0.4) is 0 Å². The molecule has 0 aromatic heterocycles. The minimum absolute atomic E-state index is 0.0684. The normalized spacial score (nSPS) is 45.4. The number of carboxylic acids is 1. The zero-order chi connectivity index (χ0) is 10.3. The Balaban J connectivity index is 2.18. The molecule has 2 saturated carbocycles. The van der Waals surface area contributed by atoms with Gasteiger partial charge >= 0.3 is 5.97 Å². The Morgan fingerprint density at radius 3 is 2.79 bits per heavy atom. The summed E-state index contributed by atoms with van der Waals surface area (Å²) in [7, 11) is 0. The van der Waals surface area contributed by atoms with E-state index in [4.69, 9.17) is 5.11 Å². The van der Waals surface area contributed by atoms with Crippen LogP contribution in [0.5, 0.6) is 0 Å². The molecular weight excluding hydrogens is 176 g/mol. The number of aliphatic carboxylic acids is 1. The maximum atomic E-state index is 11.0. The Labute approximate surface area is 85.0 Å². The second-order valence-corrected chi connectivity index (χ2v) is 4.73. The predicted molar refractivity (Wildman–Crippen MR) is 54.8 cm³/mol. The molecule has 14 heavy (non-hydrogen) atoms. The smallest absolute Gasteiger partial charge is 0.306 e. The topological polar surface area (TPSA) is 37.3 Å². The van der Waals surface area contributed by atoms with Crippen molar-refractivity contribution in [1.82, 2.24) is 0 Å². The standard InChI is InChI=1S/C12H18O2/c1-3-8-7-5-10(9(8)4-2)11(6-7)12(13)14/h3,7-11H,1,4-6H2,2H3,(H,13,14). The molecule has 2 heteroatoms. The quantitative estimate of drug-likeness (QED) is 0.701. The molecule has 2 aliphatic rings. The van der Waals surface area contributed by atoms with Crippen LogP contribution in [0.15, 0.2) is 12.7 Å². The second kappa shape index (κ2) is 3.41. The van der Waals surface area contributed by atoms with E-state index in [0.717, 1.165) is 19.3 Å². The number of carbonyl (C=O) groups is 1. The van der Waals surface area contributed by atoms with Gasteiger partial charge in [-0.3, -0.25) is 4.79 Å². The van der Waals surface area contributed by atoms with Gasteiger partial charge in [0.15, 0.2) is 0 Å². The van der Waals surface area contributed by atoms with Crippen LogP contribution in [0.1, 0.15) is 26.2 Å². The molecule has 0 spiro atoms. The first-order chi connectivity index (χ1) is 6.69. The lowest BCUT2D eigenvalue weighted by molar-refractivity contribution is -0.144. The molecule has 1 N–H and O–H groups in total. The van der Waals surface area contributed by atoms with Crippen LogP contribution in [0, 0.1) is 29.6 Å². The minimum atomic E-state index is -0.585. The monoisotopic (exact) mass is 194 g/mol. The van der Waals surface area contributed by atoms with Gasteiger partial charge < -0.3 is 5.11 Å². The number of fused-ring (bicyclic) bond motifs is 2. The van der Waals surface area contributed by atoms with E-state index in [9.17, 15) is 4.79 Å². The number of allylic oxidation sites excluding steroid dienone is 1. The van der Waals surface area contributed by atoms with Gasteiger partial charge in [0.25, 0.3) is 0 Å². The Bertz CT molecular complexity index is 259. The van der Waals surface area contributed by atoms with Gasteiger partial charge in [-0.1, -0.05) is 19.4 Å². The molecule has 2 bridgehead atoms. The van der Waals surface area contributed by atoms with Gasteiger partial charge in [-0.25, -0.2) is 0 Å². The molecule has 2 nitrogen and oxygen atoms in total. The van der Waals surface area contributed by atoms with E-state index in [1.54, 1.807) is 0 Å². The summed E-state index contributed by atoms with van der Waals surface area (Å²) in [5.41, 5.74) is 0. The number of rotatable bonds is 3. The largest absolute Gasteiger partial charge is 0.481 e. The predicted octanol–water partition coefficient (Wildman–Crippen LogP) is 2.56. The fraction of sp³-hybridized carbons (Fsp3) is 0.750. The first kappa shape index (κ1) is 9.75. The molecule has 2 fully saturated rings. The van der Waals surface area contributed by atoms with E-state index in [-0.39, 0.29) is 5.92 Å². The third kappa shape index (κ3) is 1.20. The van der Waals surface area contributed by atoms with Crippen LogP contribution in [-0.2, 0) is 4.79 Å². The number of carboxylic acid groups (broad SMARTS) is 1. The molecule has 0 heterocycles. The van der Waals surface area contributed by atoms with Gasteiger partial charge in [-0.2, -0.15) is 0 Å². The van der Waals surface area contributed by atoms with E-state index in [1.807, 2.05) is 0 Å². The van der Waals surface area contributed by atoms with Crippen LogP contribution in [0.25, 0.3) is 0 Å². The van der Waals surface area contributed by atoms with Gasteiger partial charge in [-0.15, -0.1) is 6.58 Å². The summed E-state index contributed by atoms with van der Waals surface area (Å²) in [6.07, 6.45) is 5.15. The lowest BCUT2D eigenvalue weighted by atomic mass is 9.73. The van der Waals surface area contributed by atoms with E-state index >= 15 is 0 Å². The summed E-state index contributed by atoms with van der Waals surface area (Å²) >= 11 is 0. The highest BCUT2D eigenvalue weighted by Gasteiger charge is 2.52. The highest BCUT2D eigenvalue weighted by molar-refractivity contribution is 5.71. The SMILES string of the molecule is C=CC1C2CC(C(=O)O)C(C2)C1CC. The molecule has 78 valence electrons. The molecule has 5 atom stereocenters. The van der Waals surface area contributed by atoms with Crippen LogP contribution in [0.4, 0.5) is 0 Å². The van der Waals surface area contributed by atoms with Crippen molar-refractivity contribution >= 4 is 5.97 Å². The van der Waals surface area contributed by atoms with Crippen molar-refractivity contribution in [3.05, 3.63) is 12.7 Å². The lowest BCUT2D eigenvalue weighted by Crippen LogP contribution is -2.31. The van der Waals surface area contributed by atoms with Gasteiger partial charge in [0.1, 0.15) is 0 Å². The van der Waals surface area contributed by atoms with E-state index in [2.05, 4.69) is 19.6 Å². The highest BCUT2D eigenvalue weighted by Crippen LogP contribution is 2.56. The molecule has 0 aromatic carbocycles. The van der Waals surface area contributed by atoms with Gasteiger partial charge in [0, 0.05) is 0 Å². The maximum absolute atomic E-state index is 11.0. The summed E-state index contributed by atoms with van der Waals surface area (Å²) in [5.74, 6) is 1.53.